The Hall–Kier alpha value is -3.60. The lowest BCUT2D eigenvalue weighted by atomic mass is 9.90. The highest BCUT2D eigenvalue weighted by molar-refractivity contribution is 5.64. The van der Waals surface area contributed by atoms with Crippen molar-refractivity contribution in [2.75, 3.05) is 20.1 Å². The van der Waals surface area contributed by atoms with Gasteiger partial charge in [-0.05, 0) is 50.9 Å². The number of non-ortho nitro benzene ring substituents is 1. The molecule has 11 heteroatoms. The average Bonchev–Trinajstić information content (AvgIpc) is 2.70. The van der Waals surface area contributed by atoms with Gasteiger partial charge in [-0.15, -0.1) is 0 Å². The molecular weight excluding hydrogens is 396 g/mol. The molecule has 0 radical (unpaired) electrons. The number of phenols is 1. The first kappa shape index (κ1) is 22.7. The van der Waals surface area contributed by atoms with Gasteiger partial charge in [-0.25, -0.2) is 0 Å². The zero-order valence-corrected chi connectivity index (χ0v) is 16.3. The summed E-state index contributed by atoms with van der Waals surface area (Å²) in [5.74, 6) is -0.297. The van der Waals surface area contributed by atoms with Gasteiger partial charge in [-0.2, -0.15) is 0 Å². The van der Waals surface area contributed by atoms with Gasteiger partial charge in [0.25, 0.3) is 11.4 Å². The molecule has 1 heterocycles. The number of nitrogens with zero attached hydrogens (tertiary/aromatic N) is 4. The van der Waals surface area contributed by atoms with E-state index in [0.717, 1.165) is 5.92 Å². The van der Waals surface area contributed by atoms with E-state index in [1.165, 1.54) is 37.9 Å². The Bertz CT molecular complexity index is 877. The van der Waals surface area contributed by atoms with Crippen LogP contribution >= 0.6 is 0 Å². The zero-order valence-electron chi connectivity index (χ0n) is 16.3. The van der Waals surface area contributed by atoms with Crippen LogP contribution in [-0.4, -0.2) is 44.9 Å². The monoisotopic (exact) mass is 418 g/mol. The second kappa shape index (κ2) is 10.3. The summed E-state index contributed by atoms with van der Waals surface area (Å²) >= 11 is 0. The molecule has 0 spiro atoms. The van der Waals surface area contributed by atoms with E-state index in [-0.39, 0.29) is 0 Å². The van der Waals surface area contributed by atoms with Crippen LogP contribution < -0.4 is 0 Å². The lowest BCUT2D eigenvalue weighted by molar-refractivity contribution is -0.404. The molecule has 160 valence electrons. The Labute approximate surface area is 172 Å². The van der Waals surface area contributed by atoms with E-state index in [1.807, 2.05) is 0 Å². The molecule has 1 aliphatic rings. The first-order chi connectivity index (χ1) is 14.2. The van der Waals surface area contributed by atoms with Gasteiger partial charge in [-0.1, -0.05) is 30.3 Å². The molecule has 0 aliphatic carbocycles. The topological polar surface area (TPSA) is 153 Å². The van der Waals surface area contributed by atoms with Crippen molar-refractivity contribution in [2.24, 2.45) is 5.92 Å². The SMILES string of the molecule is CN1CCC(Cc2ccccc2)CC1.O=[N+]([O-])c1cc([N+](=O)[O-])c(O)c([N+](=O)[O-])c1. The minimum Gasteiger partial charge on any atom is -0.497 e. The van der Waals surface area contributed by atoms with Crippen molar-refractivity contribution in [3.8, 4) is 5.75 Å². The highest BCUT2D eigenvalue weighted by atomic mass is 16.6. The molecule has 0 bridgehead atoms. The molecule has 1 fully saturated rings. The number of nitro benzene ring substituents is 3. The summed E-state index contributed by atoms with van der Waals surface area (Å²) in [6.45, 7) is 2.55. The first-order valence-corrected chi connectivity index (χ1v) is 9.21. The number of nitro groups is 3. The Kier molecular flexibility index (Phi) is 7.76. The van der Waals surface area contributed by atoms with E-state index in [4.69, 9.17) is 5.11 Å². The number of phenolic OH excluding ortho intramolecular Hbond substituents is 1. The quantitative estimate of drug-likeness (QED) is 0.570. The minimum absolute atomic E-state index is 0.447. The second-order valence-corrected chi connectivity index (χ2v) is 7.04. The summed E-state index contributed by atoms with van der Waals surface area (Å²) in [4.78, 5) is 30.2. The minimum atomic E-state index is -1.21. The number of hydrogen-bond donors (Lipinski definition) is 1. The lowest BCUT2D eigenvalue weighted by Gasteiger charge is -2.28. The fourth-order valence-electron chi connectivity index (χ4n) is 3.19. The van der Waals surface area contributed by atoms with Gasteiger partial charge in [-0.3, -0.25) is 30.3 Å². The summed E-state index contributed by atoms with van der Waals surface area (Å²) in [7, 11) is 2.22. The van der Waals surface area contributed by atoms with Gasteiger partial charge in [0.1, 0.15) is 0 Å². The number of piperidine rings is 1. The number of rotatable bonds is 5. The Morgan fingerprint density at radius 3 is 1.87 bits per heavy atom. The van der Waals surface area contributed by atoms with Crippen LogP contribution in [0.2, 0.25) is 0 Å². The van der Waals surface area contributed by atoms with Crippen molar-refractivity contribution in [2.45, 2.75) is 19.3 Å². The van der Waals surface area contributed by atoms with Crippen molar-refractivity contribution in [3.63, 3.8) is 0 Å². The van der Waals surface area contributed by atoms with Crippen LogP contribution in [0.15, 0.2) is 42.5 Å². The molecule has 2 aromatic carbocycles. The van der Waals surface area contributed by atoms with Crippen LogP contribution in [0.1, 0.15) is 18.4 Å². The van der Waals surface area contributed by atoms with Gasteiger partial charge in [0.2, 0.25) is 0 Å². The maximum Gasteiger partial charge on any atom is 0.324 e. The number of benzene rings is 2. The molecule has 1 aliphatic heterocycles. The maximum atomic E-state index is 10.4. The number of likely N-dealkylation sites (tertiary alicyclic amines) is 1. The summed E-state index contributed by atoms with van der Waals surface area (Å²) in [5.41, 5.74) is -1.50. The number of aromatic hydroxyl groups is 1. The van der Waals surface area contributed by atoms with Gasteiger partial charge < -0.3 is 10.0 Å². The number of hydrogen-bond acceptors (Lipinski definition) is 8. The van der Waals surface area contributed by atoms with E-state index in [2.05, 4.69) is 42.3 Å². The maximum absolute atomic E-state index is 10.4. The van der Waals surface area contributed by atoms with Gasteiger partial charge in [0.05, 0.1) is 26.9 Å². The zero-order chi connectivity index (χ0) is 22.3. The predicted octanol–water partition coefficient (Wildman–Crippen LogP) is 3.69. The van der Waals surface area contributed by atoms with Crippen LogP contribution in [0.4, 0.5) is 17.1 Å². The molecular formula is C19H22N4O7. The Morgan fingerprint density at radius 2 is 1.43 bits per heavy atom. The normalized spacial score (nSPS) is 14.4. The molecule has 0 amide bonds. The third-order valence-corrected chi connectivity index (χ3v) is 4.86. The standard InChI is InChI=1S/C13H19N.C6H3N3O7/c1-14-9-7-13(8-10-14)11-12-5-3-2-4-6-12;10-6-4(8(13)14)1-3(7(11)12)2-5(6)9(15)16/h2-6,13H,7-11H2,1H3;1-2,10H. The highest BCUT2D eigenvalue weighted by Crippen LogP contribution is 2.38. The fourth-order valence-corrected chi connectivity index (χ4v) is 3.19. The average molecular weight is 418 g/mol. The summed E-state index contributed by atoms with van der Waals surface area (Å²) in [5, 5.41) is 40.2. The fraction of sp³-hybridized carbons (Fsp3) is 0.368. The van der Waals surface area contributed by atoms with Crippen molar-refractivity contribution < 1.29 is 19.9 Å². The summed E-state index contributed by atoms with van der Waals surface area (Å²) < 4.78 is 0. The third kappa shape index (κ3) is 6.21. The van der Waals surface area contributed by atoms with Crippen molar-refractivity contribution in [1.82, 2.24) is 4.90 Å². The van der Waals surface area contributed by atoms with Crippen LogP contribution in [0, 0.1) is 36.3 Å². The van der Waals surface area contributed by atoms with E-state index >= 15 is 0 Å². The highest BCUT2D eigenvalue weighted by Gasteiger charge is 2.30. The van der Waals surface area contributed by atoms with E-state index in [1.54, 1.807) is 0 Å². The molecule has 1 saturated heterocycles. The third-order valence-electron chi connectivity index (χ3n) is 4.86. The summed E-state index contributed by atoms with van der Waals surface area (Å²) in [6, 6.07) is 11.8. The molecule has 3 rings (SSSR count). The van der Waals surface area contributed by atoms with E-state index < -0.39 is 37.6 Å². The Balaban J connectivity index is 0.000000215. The van der Waals surface area contributed by atoms with Crippen LogP contribution in [0.25, 0.3) is 0 Å². The molecule has 30 heavy (non-hydrogen) atoms. The van der Waals surface area contributed by atoms with Crippen LogP contribution in [0.3, 0.4) is 0 Å². The van der Waals surface area contributed by atoms with Crippen molar-refractivity contribution in [1.29, 1.82) is 0 Å². The first-order valence-electron chi connectivity index (χ1n) is 9.21. The lowest BCUT2D eigenvalue weighted by Crippen LogP contribution is -2.30. The molecule has 2 aromatic rings. The predicted molar refractivity (Wildman–Crippen MR) is 108 cm³/mol. The molecule has 0 aromatic heterocycles. The van der Waals surface area contributed by atoms with Crippen LogP contribution in [0.5, 0.6) is 5.75 Å². The largest absolute Gasteiger partial charge is 0.497 e. The molecule has 0 saturated carbocycles. The smallest absolute Gasteiger partial charge is 0.324 e. The van der Waals surface area contributed by atoms with Gasteiger partial charge in [0, 0.05) is 0 Å². The van der Waals surface area contributed by atoms with Gasteiger partial charge >= 0.3 is 11.4 Å². The van der Waals surface area contributed by atoms with Crippen molar-refractivity contribution >= 4 is 17.1 Å². The van der Waals surface area contributed by atoms with Crippen LogP contribution in [-0.2, 0) is 6.42 Å². The molecule has 0 atom stereocenters. The van der Waals surface area contributed by atoms with E-state index in [0.29, 0.717) is 12.1 Å². The van der Waals surface area contributed by atoms with Gasteiger partial charge in [0.15, 0.2) is 0 Å². The molecule has 1 N–H and O–H groups in total. The Morgan fingerprint density at radius 1 is 0.933 bits per heavy atom. The molecule has 0 unspecified atom stereocenters. The second-order valence-electron chi connectivity index (χ2n) is 7.04. The molecule has 11 nitrogen and oxygen atoms in total. The van der Waals surface area contributed by atoms with E-state index in [9.17, 15) is 30.3 Å². The van der Waals surface area contributed by atoms with Crippen molar-refractivity contribution in [3.05, 3.63) is 78.4 Å². The summed E-state index contributed by atoms with van der Waals surface area (Å²) in [6.07, 6.45) is 4.01.